The van der Waals surface area contributed by atoms with E-state index >= 15 is 0 Å². The Kier molecular flexibility index (Phi) is 6.75. The number of carbonyl (C=O) groups is 2. The minimum Gasteiger partial charge on any atom is -0.466 e. The van der Waals surface area contributed by atoms with E-state index in [1.165, 1.54) is 7.11 Å². The molecule has 0 aliphatic heterocycles. The Bertz CT molecular complexity index is 211. The zero-order valence-electron chi connectivity index (χ0n) is 9.91. The van der Waals surface area contributed by atoms with E-state index in [0.717, 1.165) is 12.8 Å². The van der Waals surface area contributed by atoms with E-state index in [9.17, 15) is 9.59 Å². The van der Waals surface area contributed by atoms with Gasteiger partial charge < -0.3 is 9.47 Å². The van der Waals surface area contributed by atoms with E-state index in [4.69, 9.17) is 4.74 Å². The molecule has 0 fully saturated rings. The first-order chi connectivity index (χ1) is 7.02. The Labute approximate surface area is 90.9 Å². The number of carbonyl (C=O) groups excluding carboxylic acids is 2. The van der Waals surface area contributed by atoms with Gasteiger partial charge in [0.1, 0.15) is 0 Å². The van der Waals surface area contributed by atoms with Crippen LogP contribution in [0.2, 0.25) is 0 Å². The fraction of sp³-hybridized carbons (Fsp3) is 0.818. The van der Waals surface area contributed by atoms with Gasteiger partial charge in [0.25, 0.3) is 0 Å². The standard InChI is InChI=1S/C11H20O4/c1-5-6-7-9(12)15-10(8(2)3)11(13)14-4/h8,10H,5-7H2,1-4H3. The van der Waals surface area contributed by atoms with Crippen molar-refractivity contribution in [2.75, 3.05) is 7.11 Å². The van der Waals surface area contributed by atoms with Crippen LogP contribution in [0.3, 0.4) is 0 Å². The lowest BCUT2D eigenvalue weighted by Gasteiger charge is -2.18. The summed E-state index contributed by atoms with van der Waals surface area (Å²) in [6.07, 6.45) is 1.29. The number of esters is 2. The van der Waals surface area contributed by atoms with Gasteiger partial charge in [0, 0.05) is 12.3 Å². The smallest absolute Gasteiger partial charge is 0.347 e. The molecule has 0 saturated carbocycles. The molecule has 0 spiro atoms. The zero-order chi connectivity index (χ0) is 11.8. The van der Waals surface area contributed by atoms with Gasteiger partial charge in [-0.2, -0.15) is 0 Å². The Hall–Kier alpha value is -1.06. The molecule has 0 saturated heterocycles. The molecule has 1 unspecified atom stereocenters. The summed E-state index contributed by atoms with van der Waals surface area (Å²) in [6.45, 7) is 5.62. The predicted octanol–water partition coefficient (Wildman–Crippen LogP) is 1.92. The van der Waals surface area contributed by atoms with Crippen LogP contribution in [0.5, 0.6) is 0 Å². The van der Waals surface area contributed by atoms with Crippen LogP contribution in [0, 0.1) is 5.92 Å². The van der Waals surface area contributed by atoms with Crippen LogP contribution < -0.4 is 0 Å². The second-order valence-electron chi connectivity index (χ2n) is 3.78. The van der Waals surface area contributed by atoms with E-state index in [-0.39, 0.29) is 11.9 Å². The Morgan fingerprint density at radius 3 is 2.27 bits per heavy atom. The van der Waals surface area contributed by atoms with Crippen LogP contribution in [0.25, 0.3) is 0 Å². The maximum Gasteiger partial charge on any atom is 0.347 e. The molecule has 0 radical (unpaired) electrons. The summed E-state index contributed by atoms with van der Waals surface area (Å²) < 4.78 is 9.62. The van der Waals surface area contributed by atoms with Gasteiger partial charge in [-0.05, 0) is 6.42 Å². The number of hydrogen-bond donors (Lipinski definition) is 0. The third-order valence-electron chi connectivity index (χ3n) is 2.03. The average Bonchev–Trinajstić information content (AvgIpc) is 2.21. The molecule has 0 bridgehead atoms. The molecule has 1 atom stereocenters. The number of methoxy groups -OCH3 is 1. The van der Waals surface area contributed by atoms with Crippen molar-refractivity contribution in [3.05, 3.63) is 0 Å². The summed E-state index contributed by atoms with van der Waals surface area (Å²) in [6, 6.07) is 0. The monoisotopic (exact) mass is 216 g/mol. The molecule has 0 heterocycles. The summed E-state index contributed by atoms with van der Waals surface area (Å²) in [4.78, 5) is 22.6. The largest absolute Gasteiger partial charge is 0.466 e. The fourth-order valence-electron chi connectivity index (χ4n) is 1.09. The molecular formula is C11H20O4. The SMILES string of the molecule is CCCCC(=O)OC(C(=O)OC)C(C)C. The van der Waals surface area contributed by atoms with Gasteiger partial charge in [0.05, 0.1) is 7.11 Å². The third-order valence-corrected chi connectivity index (χ3v) is 2.03. The minimum absolute atomic E-state index is 0.0666. The van der Waals surface area contributed by atoms with Crippen LogP contribution >= 0.6 is 0 Å². The summed E-state index contributed by atoms with van der Waals surface area (Å²) in [5.74, 6) is -0.890. The topological polar surface area (TPSA) is 52.6 Å². The third kappa shape index (κ3) is 5.40. The first kappa shape index (κ1) is 13.9. The normalized spacial score (nSPS) is 12.3. The second-order valence-corrected chi connectivity index (χ2v) is 3.78. The molecule has 0 aromatic heterocycles. The summed E-state index contributed by atoms with van der Waals surface area (Å²) in [7, 11) is 1.29. The van der Waals surface area contributed by atoms with Crippen molar-refractivity contribution in [2.45, 2.75) is 46.1 Å². The Morgan fingerprint density at radius 2 is 1.87 bits per heavy atom. The molecule has 0 aromatic carbocycles. The van der Waals surface area contributed by atoms with Crippen LogP contribution in [0.1, 0.15) is 40.0 Å². The molecule has 4 heteroatoms. The molecule has 15 heavy (non-hydrogen) atoms. The highest BCUT2D eigenvalue weighted by Gasteiger charge is 2.26. The summed E-state index contributed by atoms with van der Waals surface area (Å²) in [5, 5.41) is 0. The highest BCUT2D eigenvalue weighted by Crippen LogP contribution is 2.10. The number of hydrogen-bond acceptors (Lipinski definition) is 4. The first-order valence-corrected chi connectivity index (χ1v) is 5.30. The lowest BCUT2D eigenvalue weighted by Crippen LogP contribution is -2.33. The molecular weight excluding hydrogens is 196 g/mol. The summed E-state index contributed by atoms with van der Waals surface area (Å²) in [5.41, 5.74) is 0. The molecule has 0 rings (SSSR count). The molecule has 0 amide bonds. The maximum absolute atomic E-state index is 11.3. The molecule has 0 aromatic rings. The van der Waals surface area contributed by atoms with Gasteiger partial charge in [-0.25, -0.2) is 4.79 Å². The lowest BCUT2D eigenvalue weighted by atomic mass is 10.1. The van der Waals surface area contributed by atoms with Crippen LogP contribution in [0.15, 0.2) is 0 Å². The van der Waals surface area contributed by atoms with E-state index in [1.54, 1.807) is 0 Å². The fourth-order valence-corrected chi connectivity index (χ4v) is 1.09. The minimum atomic E-state index is -0.778. The van der Waals surface area contributed by atoms with Crippen molar-refractivity contribution in [1.29, 1.82) is 0 Å². The van der Waals surface area contributed by atoms with Crippen LogP contribution in [0.4, 0.5) is 0 Å². The van der Waals surface area contributed by atoms with Crippen molar-refractivity contribution < 1.29 is 19.1 Å². The second kappa shape index (κ2) is 7.26. The highest BCUT2D eigenvalue weighted by atomic mass is 16.6. The molecule has 0 N–H and O–H groups in total. The molecule has 4 nitrogen and oxygen atoms in total. The highest BCUT2D eigenvalue weighted by molar-refractivity contribution is 5.79. The van der Waals surface area contributed by atoms with Gasteiger partial charge >= 0.3 is 11.9 Å². The van der Waals surface area contributed by atoms with E-state index < -0.39 is 12.1 Å². The Balaban J connectivity index is 4.17. The van der Waals surface area contributed by atoms with Gasteiger partial charge in [-0.3, -0.25) is 4.79 Å². The van der Waals surface area contributed by atoms with Crippen molar-refractivity contribution >= 4 is 11.9 Å². The van der Waals surface area contributed by atoms with E-state index in [2.05, 4.69) is 4.74 Å². The maximum atomic E-state index is 11.3. The van der Waals surface area contributed by atoms with Crippen molar-refractivity contribution in [1.82, 2.24) is 0 Å². The lowest BCUT2D eigenvalue weighted by molar-refractivity contribution is -0.169. The number of unbranched alkanes of at least 4 members (excludes halogenated alkanes) is 1. The van der Waals surface area contributed by atoms with Gasteiger partial charge in [-0.1, -0.05) is 27.2 Å². The van der Waals surface area contributed by atoms with Gasteiger partial charge in [0.15, 0.2) is 0 Å². The molecule has 88 valence electrons. The van der Waals surface area contributed by atoms with Gasteiger partial charge in [-0.15, -0.1) is 0 Å². The number of rotatable bonds is 6. The van der Waals surface area contributed by atoms with Gasteiger partial charge in [0.2, 0.25) is 6.10 Å². The predicted molar refractivity (Wildman–Crippen MR) is 56.3 cm³/mol. The summed E-state index contributed by atoms with van der Waals surface area (Å²) >= 11 is 0. The first-order valence-electron chi connectivity index (χ1n) is 5.30. The average molecular weight is 216 g/mol. The quantitative estimate of drug-likeness (QED) is 0.636. The number of ether oxygens (including phenoxy) is 2. The van der Waals surface area contributed by atoms with Crippen LogP contribution in [-0.4, -0.2) is 25.2 Å². The van der Waals surface area contributed by atoms with Crippen molar-refractivity contribution in [2.24, 2.45) is 5.92 Å². The zero-order valence-corrected chi connectivity index (χ0v) is 9.91. The van der Waals surface area contributed by atoms with Crippen molar-refractivity contribution in [3.8, 4) is 0 Å². The van der Waals surface area contributed by atoms with E-state index in [1.807, 2.05) is 20.8 Å². The van der Waals surface area contributed by atoms with Crippen molar-refractivity contribution in [3.63, 3.8) is 0 Å². The van der Waals surface area contributed by atoms with E-state index in [0.29, 0.717) is 6.42 Å². The molecule has 0 aliphatic carbocycles. The molecule has 0 aliphatic rings. The van der Waals surface area contributed by atoms with Crippen LogP contribution in [-0.2, 0) is 19.1 Å². The Morgan fingerprint density at radius 1 is 1.27 bits per heavy atom.